The standard InChI is InChI=1S/C21H22N4O6S3/c1-14(19(27)22-20-23-24-21(33-20)32-13-18(26)30-2)25(34(3,28)29)15-9-11-17(12-10-15)31-16-7-5-4-6-8-16/h4-12,14H,13H2,1-3H3,(H,22,23,27)/t14-/m0/s1. The lowest BCUT2D eigenvalue weighted by Crippen LogP contribution is -2.45. The van der Waals surface area contributed by atoms with Crippen LogP contribution in [0.2, 0.25) is 0 Å². The number of para-hydroxylation sites is 1. The number of benzene rings is 2. The first kappa shape index (κ1) is 25.5. The summed E-state index contributed by atoms with van der Waals surface area (Å²) in [6.45, 7) is 1.47. The first-order chi connectivity index (χ1) is 16.2. The molecule has 34 heavy (non-hydrogen) atoms. The van der Waals surface area contributed by atoms with E-state index in [-0.39, 0.29) is 10.9 Å². The van der Waals surface area contributed by atoms with Crippen molar-refractivity contribution in [3.8, 4) is 11.5 Å². The van der Waals surface area contributed by atoms with Crippen LogP contribution in [-0.4, -0.2) is 55.7 Å². The van der Waals surface area contributed by atoms with Crippen molar-refractivity contribution in [2.45, 2.75) is 17.3 Å². The van der Waals surface area contributed by atoms with Crippen LogP contribution in [0.5, 0.6) is 11.5 Å². The fourth-order valence-electron chi connectivity index (χ4n) is 2.80. The van der Waals surface area contributed by atoms with E-state index in [1.165, 1.54) is 14.0 Å². The number of nitrogens with zero attached hydrogens (tertiary/aromatic N) is 3. The molecule has 1 aromatic heterocycles. The van der Waals surface area contributed by atoms with Crippen LogP contribution >= 0.6 is 23.1 Å². The number of carbonyl (C=O) groups excluding carboxylic acids is 2. The maximum Gasteiger partial charge on any atom is 0.316 e. The number of thioether (sulfide) groups is 1. The number of esters is 1. The average molecular weight is 523 g/mol. The molecule has 3 aromatic rings. The minimum absolute atomic E-state index is 0.0569. The van der Waals surface area contributed by atoms with Gasteiger partial charge in [-0.15, -0.1) is 10.2 Å². The zero-order valence-corrected chi connectivity index (χ0v) is 20.9. The van der Waals surface area contributed by atoms with Gasteiger partial charge in [0, 0.05) is 0 Å². The van der Waals surface area contributed by atoms with Crippen LogP contribution in [0, 0.1) is 0 Å². The molecular weight excluding hydrogens is 500 g/mol. The molecular formula is C21H22N4O6S3. The second kappa shape index (κ2) is 11.3. The van der Waals surface area contributed by atoms with E-state index in [2.05, 4.69) is 20.3 Å². The molecule has 13 heteroatoms. The first-order valence-corrected chi connectivity index (χ1v) is 13.5. The maximum absolute atomic E-state index is 12.8. The number of ether oxygens (including phenoxy) is 2. The Balaban J connectivity index is 1.71. The Morgan fingerprint density at radius 1 is 1.09 bits per heavy atom. The molecule has 0 fully saturated rings. The van der Waals surface area contributed by atoms with Crippen molar-refractivity contribution >= 4 is 55.8 Å². The largest absolute Gasteiger partial charge is 0.468 e. The van der Waals surface area contributed by atoms with Crippen LogP contribution in [0.25, 0.3) is 0 Å². The van der Waals surface area contributed by atoms with E-state index in [1.807, 2.05) is 18.2 Å². The van der Waals surface area contributed by atoms with E-state index in [0.717, 1.165) is 33.7 Å². The van der Waals surface area contributed by atoms with E-state index in [1.54, 1.807) is 36.4 Å². The molecule has 1 atom stereocenters. The van der Waals surface area contributed by atoms with Crippen LogP contribution in [0.3, 0.4) is 0 Å². The summed E-state index contributed by atoms with van der Waals surface area (Å²) >= 11 is 2.19. The molecule has 0 spiro atoms. The Kier molecular flexibility index (Phi) is 8.47. The maximum atomic E-state index is 12.8. The SMILES string of the molecule is COC(=O)CSc1nnc(NC(=O)[C@H](C)N(c2ccc(Oc3ccccc3)cc2)S(C)(=O)=O)s1. The number of methoxy groups -OCH3 is 1. The molecule has 0 unspecified atom stereocenters. The van der Waals surface area contributed by atoms with Gasteiger partial charge in [-0.25, -0.2) is 8.42 Å². The molecule has 0 saturated heterocycles. The highest BCUT2D eigenvalue weighted by Crippen LogP contribution is 2.28. The highest BCUT2D eigenvalue weighted by molar-refractivity contribution is 8.01. The summed E-state index contributed by atoms with van der Waals surface area (Å²) in [4.78, 5) is 24.1. The minimum Gasteiger partial charge on any atom is -0.468 e. The van der Waals surface area contributed by atoms with Crippen molar-refractivity contribution in [2.24, 2.45) is 0 Å². The number of hydrogen-bond donors (Lipinski definition) is 1. The van der Waals surface area contributed by atoms with Gasteiger partial charge in [-0.3, -0.25) is 19.2 Å². The van der Waals surface area contributed by atoms with Crippen LogP contribution in [0.1, 0.15) is 6.92 Å². The average Bonchev–Trinajstić information content (AvgIpc) is 3.25. The lowest BCUT2D eigenvalue weighted by Gasteiger charge is -2.28. The van der Waals surface area contributed by atoms with E-state index in [0.29, 0.717) is 21.5 Å². The number of nitrogens with one attached hydrogen (secondary N) is 1. The molecule has 0 aliphatic rings. The van der Waals surface area contributed by atoms with Gasteiger partial charge < -0.3 is 9.47 Å². The molecule has 180 valence electrons. The van der Waals surface area contributed by atoms with Crippen molar-refractivity contribution in [3.63, 3.8) is 0 Å². The summed E-state index contributed by atoms with van der Waals surface area (Å²) in [7, 11) is -2.51. The van der Waals surface area contributed by atoms with Crippen LogP contribution in [0.4, 0.5) is 10.8 Å². The number of carbonyl (C=O) groups is 2. The number of sulfonamides is 1. The summed E-state index contributed by atoms with van der Waals surface area (Å²) in [5, 5.41) is 10.5. The zero-order valence-electron chi connectivity index (χ0n) is 18.5. The molecule has 2 aromatic carbocycles. The highest BCUT2D eigenvalue weighted by atomic mass is 32.2. The summed E-state index contributed by atoms with van der Waals surface area (Å²) < 4.78 is 36.8. The number of anilines is 2. The number of hydrogen-bond acceptors (Lipinski definition) is 10. The van der Waals surface area contributed by atoms with Gasteiger partial charge in [0.1, 0.15) is 17.5 Å². The molecule has 0 radical (unpaired) electrons. The third-order valence-corrected chi connectivity index (χ3v) is 7.52. The topological polar surface area (TPSA) is 128 Å². The van der Waals surface area contributed by atoms with Gasteiger partial charge in [-0.2, -0.15) is 0 Å². The number of rotatable bonds is 10. The number of amides is 1. The highest BCUT2D eigenvalue weighted by Gasteiger charge is 2.30. The van der Waals surface area contributed by atoms with E-state index in [4.69, 9.17) is 4.74 Å². The molecule has 1 N–H and O–H groups in total. The predicted molar refractivity (Wildman–Crippen MR) is 131 cm³/mol. The second-order valence-electron chi connectivity index (χ2n) is 6.87. The van der Waals surface area contributed by atoms with E-state index < -0.39 is 27.9 Å². The van der Waals surface area contributed by atoms with Crippen molar-refractivity contribution in [1.82, 2.24) is 10.2 Å². The lowest BCUT2D eigenvalue weighted by molar-refractivity contribution is -0.137. The van der Waals surface area contributed by atoms with E-state index in [9.17, 15) is 18.0 Å². The summed E-state index contributed by atoms with van der Waals surface area (Å²) in [5.74, 6) is 0.219. The van der Waals surface area contributed by atoms with Gasteiger partial charge in [-0.1, -0.05) is 41.3 Å². The van der Waals surface area contributed by atoms with Gasteiger partial charge >= 0.3 is 5.97 Å². The Labute approximate surface area is 205 Å². The fourth-order valence-corrected chi connectivity index (χ4v) is 5.56. The molecule has 1 heterocycles. The van der Waals surface area contributed by atoms with Crippen molar-refractivity contribution in [1.29, 1.82) is 0 Å². The molecule has 3 rings (SSSR count). The van der Waals surface area contributed by atoms with Gasteiger partial charge in [0.05, 0.1) is 24.8 Å². The Morgan fingerprint density at radius 3 is 2.35 bits per heavy atom. The monoisotopic (exact) mass is 522 g/mol. The molecule has 0 saturated carbocycles. The smallest absolute Gasteiger partial charge is 0.316 e. The third kappa shape index (κ3) is 6.92. The van der Waals surface area contributed by atoms with Crippen molar-refractivity contribution in [3.05, 3.63) is 54.6 Å². The predicted octanol–water partition coefficient (Wildman–Crippen LogP) is 3.39. The zero-order chi connectivity index (χ0) is 24.7. The summed E-state index contributed by atoms with van der Waals surface area (Å²) in [5.41, 5.74) is 0.303. The minimum atomic E-state index is -3.80. The second-order valence-corrected chi connectivity index (χ2v) is 10.9. The summed E-state index contributed by atoms with van der Waals surface area (Å²) in [6.07, 6.45) is 1.03. The van der Waals surface area contributed by atoms with Gasteiger partial charge in [0.15, 0.2) is 4.34 Å². The normalized spacial score (nSPS) is 12.0. The van der Waals surface area contributed by atoms with Gasteiger partial charge in [0.2, 0.25) is 21.1 Å². The van der Waals surface area contributed by atoms with Crippen molar-refractivity contribution < 1.29 is 27.5 Å². The summed E-state index contributed by atoms with van der Waals surface area (Å²) in [6, 6.07) is 14.5. The molecule has 0 bridgehead atoms. The quantitative estimate of drug-likeness (QED) is 0.242. The van der Waals surface area contributed by atoms with Crippen LogP contribution in [0.15, 0.2) is 58.9 Å². The molecule has 0 aliphatic carbocycles. The Hall–Kier alpha value is -3.16. The van der Waals surface area contributed by atoms with Crippen molar-refractivity contribution in [2.75, 3.05) is 28.7 Å². The Bertz CT molecular complexity index is 1230. The van der Waals surface area contributed by atoms with Gasteiger partial charge in [-0.05, 0) is 43.3 Å². The molecule has 0 aliphatic heterocycles. The van der Waals surface area contributed by atoms with Gasteiger partial charge in [0.25, 0.3) is 0 Å². The first-order valence-electron chi connectivity index (χ1n) is 9.83. The van der Waals surface area contributed by atoms with Crippen LogP contribution in [-0.2, 0) is 24.3 Å². The molecule has 1 amide bonds. The fraction of sp³-hybridized carbons (Fsp3) is 0.238. The third-order valence-electron chi connectivity index (χ3n) is 4.34. The van der Waals surface area contributed by atoms with Crippen LogP contribution < -0.4 is 14.4 Å². The number of aromatic nitrogens is 2. The Morgan fingerprint density at radius 2 is 1.74 bits per heavy atom. The van der Waals surface area contributed by atoms with E-state index >= 15 is 0 Å². The lowest BCUT2D eigenvalue weighted by atomic mass is 10.2. The molecule has 10 nitrogen and oxygen atoms in total.